The Balaban J connectivity index is 1.85. The molecule has 0 aliphatic heterocycles. The number of nitrogens with two attached hydrogens (primary N) is 1. The zero-order valence-corrected chi connectivity index (χ0v) is 7.80. The van der Waals surface area contributed by atoms with Crippen LogP contribution in [0.1, 0.15) is 19.3 Å². The fourth-order valence-corrected chi connectivity index (χ4v) is 1.57. The van der Waals surface area contributed by atoms with E-state index in [0.717, 1.165) is 0 Å². The molecule has 0 saturated heterocycles. The Kier molecular flexibility index (Phi) is 2.13. The van der Waals surface area contributed by atoms with Gasteiger partial charge in [0, 0.05) is 6.42 Å². The number of carbonyl (C=O) groups excluding carboxylic acids is 1. The lowest BCUT2D eigenvalue weighted by molar-refractivity contribution is -0.116. The van der Waals surface area contributed by atoms with E-state index in [1.165, 1.54) is 24.2 Å². The number of nitrogen functional groups attached to an aromatic ring is 1. The van der Waals surface area contributed by atoms with Crippen LogP contribution in [0.5, 0.6) is 0 Å². The second kappa shape index (κ2) is 3.29. The third-order valence-corrected chi connectivity index (χ3v) is 2.53. The average molecular weight is 198 g/mol. The Bertz CT molecular complexity index is 320. The molecule has 3 N–H and O–H groups in total. The van der Waals surface area contributed by atoms with Gasteiger partial charge in [0.15, 0.2) is 0 Å². The van der Waals surface area contributed by atoms with Gasteiger partial charge in [-0.15, -0.1) is 10.2 Å². The monoisotopic (exact) mass is 198 g/mol. The molecule has 0 radical (unpaired) electrons. The Hall–Kier alpha value is -1.17. The van der Waals surface area contributed by atoms with E-state index < -0.39 is 0 Å². The van der Waals surface area contributed by atoms with Crippen molar-refractivity contribution in [3.63, 3.8) is 0 Å². The third-order valence-electron chi connectivity index (χ3n) is 1.86. The van der Waals surface area contributed by atoms with Crippen molar-refractivity contribution in [2.45, 2.75) is 19.3 Å². The molecule has 5 nitrogen and oxygen atoms in total. The number of nitrogens with one attached hydrogen (secondary N) is 1. The number of amides is 1. The van der Waals surface area contributed by atoms with Crippen molar-refractivity contribution in [1.29, 1.82) is 0 Å². The van der Waals surface area contributed by atoms with Crippen molar-refractivity contribution in [2.75, 3.05) is 11.1 Å². The average Bonchev–Trinajstić information content (AvgIpc) is 2.76. The fraction of sp³-hybridized carbons (Fsp3) is 0.571. The molecule has 0 unspecified atom stereocenters. The van der Waals surface area contributed by atoms with Gasteiger partial charge in [-0.05, 0) is 18.8 Å². The first kappa shape index (κ1) is 8.43. The summed E-state index contributed by atoms with van der Waals surface area (Å²) in [6.07, 6.45) is 2.94. The minimum Gasteiger partial charge on any atom is -0.374 e. The predicted octanol–water partition coefficient (Wildman–Crippen LogP) is 0.859. The van der Waals surface area contributed by atoms with Gasteiger partial charge in [0.1, 0.15) is 0 Å². The van der Waals surface area contributed by atoms with Crippen LogP contribution >= 0.6 is 11.3 Å². The molecule has 1 aliphatic carbocycles. The van der Waals surface area contributed by atoms with Crippen LogP contribution in [0, 0.1) is 5.92 Å². The number of anilines is 2. The van der Waals surface area contributed by atoms with E-state index in [-0.39, 0.29) is 5.91 Å². The highest BCUT2D eigenvalue weighted by atomic mass is 32.1. The Morgan fingerprint density at radius 2 is 2.38 bits per heavy atom. The molecule has 2 rings (SSSR count). The summed E-state index contributed by atoms with van der Waals surface area (Å²) in [6.45, 7) is 0. The first-order valence-corrected chi connectivity index (χ1v) is 4.94. The number of carbonyl (C=O) groups is 1. The van der Waals surface area contributed by atoms with Crippen molar-refractivity contribution >= 4 is 27.5 Å². The van der Waals surface area contributed by atoms with Gasteiger partial charge in [0.25, 0.3) is 0 Å². The second-order valence-electron chi connectivity index (χ2n) is 3.14. The van der Waals surface area contributed by atoms with Crippen LogP contribution in [-0.4, -0.2) is 16.1 Å². The van der Waals surface area contributed by atoms with Crippen LogP contribution < -0.4 is 11.1 Å². The molecule has 1 fully saturated rings. The van der Waals surface area contributed by atoms with Crippen molar-refractivity contribution in [2.24, 2.45) is 5.92 Å². The number of nitrogens with zero attached hydrogens (tertiary/aromatic N) is 2. The molecule has 1 aliphatic rings. The number of hydrogen-bond acceptors (Lipinski definition) is 5. The summed E-state index contributed by atoms with van der Waals surface area (Å²) in [5.74, 6) is 0.601. The van der Waals surface area contributed by atoms with Crippen molar-refractivity contribution < 1.29 is 4.79 Å². The zero-order valence-electron chi connectivity index (χ0n) is 6.99. The summed E-state index contributed by atoms with van der Waals surface area (Å²) >= 11 is 1.19. The fourth-order valence-electron chi connectivity index (χ4n) is 1.04. The van der Waals surface area contributed by atoms with E-state index in [9.17, 15) is 4.79 Å². The van der Waals surface area contributed by atoms with Gasteiger partial charge < -0.3 is 11.1 Å². The maximum absolute atomic E-state index is 11.3. The Labute approximate surface area is 79.3 Å². The molecule has 1 aromatic rings. The first-order chi connectivity index (χ1) is 6.24. The van der Waals surface area contributed by atoms with Gasteiger partial charge in [0.05, 0.1) is 0 Å². The largest absolute Gasteiger partial charge is 0.374 e. The lowest BCUT2D eigenvalue weighted by Crippen LogP contribution is -2.11. The minimum atomic E-state index is 0.0126. The molecule has 70 valence electrons. The highest BCUT2D eigenvalue weighted by Gasteiger charge is 2.24. The summed E-state index contributed by atoms with van der Waals surface area (Å²) in [7, 11) is 0. The smallest absolute Gasteiger partial charge is 0.226 e. The quantitative estimate of drug-likeness (QED) is 0.754. The molecular weight excluding hydrogens is 188 g/mol. The summed E-state index contributed by atoms with van der Waals surface area (Å²) < 4.78 is 0. The second-order valence-corrected chi connectivity index (χ2v) is 4.15. The van der Waals surface area contributed by atoms with Gasteiger partial charge in [-0.25, -0.2) is 0 Å². The standard InChI is InChI=1S/C7H10N4OS/c8-6-10-11-7(13-6)9-5(12)3-4-1-2-4/h4H,1-3H2,(H2,8,10)(H,9,11,12). The predicted molar refractivity (Wildman–Crippen MR) is 50.3 cm³/mol. The van der Waals surface area contributed by atoms with Crippen molar-refractivity contribution in [3.8, 4) is 0 Å². The van der Waals surface area contributed by atoms with Gasteiger partial charge in [-0.1, -0.05) is 11.3 Å². The van der Waals surface area contributed by atoms with Gasteiger partial charge in [0.2, 0.25) is 16.2 Å². The van der Waals surface area contributed by atoms with E-state index >= 15 is 0 Å². The Morgan fingerprint density at radius 3 is 2.92 bits per heavy atom. The SMILES string of the molecule is Nc1nnc(NC(=O)CC2CC2)s1. The number of hydrogen-bond donors (Lipinski definition) is 2. The molecule has 1 amide bonds. The van der Waals surface area contributed by atoms with Gasteiger partial charge >= 0.3 is 0 Å². The Morgan fingerprint density at radius 1 is 1.62 bits per heavy atom. The first-order valence-electron chi connectivity index (χ1n) is 4.13. The highest BCUT2D eigenvalue weighted by molar-refractivity contribution is 7.18. The molecule has 0 atom stereocenters. The van der Waals surface area contributed by atoms with Crippen molar-refractivity contribution in [3.05, 3.63) is 0 Å². The maximum atomic E-state index is 11.3. The summed E-state index contributed by atoms with van der Waals surface area (Å²) in [5.41, 5.74) is 5.36. The zero-order chi connectivity index (χ0) is 9.26. The van der Waals surface area contributed by atoms with E-state index in [4.69, 9.17) is 5.73 Å². The molecule has 0 bridgehead atoms. The topological polar surface area (TPSA) is 80.9 Å². The normalized spacial score (nSPS) is 15.7. The third kappa shape index (κ3) is 2.38. The highest BCUT2D eigenvalue weighted by Crippen LogP contribution is 2.32. The van der Waals surface area contributed by atoms with Crippen LogP contribution in [0.2, 0.25) is 0 Å². The number of rotatable bonds is 3. The summed E-state index contributed by atoms with van der Waals surface area (Å²) in [6, 6.07) is 0. The summed E-state index contributed by atoms with van der Waals surface area (Å²) in [4.78, 5) is 11.3. The van der Waals surface area contributed by atoms with Crippen LogP contribution in [0.15, 0.2) is 0 Å². The van der Waals surface area contributed by atoms with Crippen LogP contribution in [0.3, 0.4) is 0 Å². The van der Waals surface area contributed by atoms with E-state index in [0.29, 0.717) is 22.6 Å². The van der Waals surface area contributed by atoms with Gasteiger partial charge in [-0.2, -0.15) is 0 Å². The summed E-state index contributed by atoms with van der Waals surface area (Å²) in [5, 5.41) is 10.8. The van der Waals surface area contributed by atoms with Crippen LogP contribution in [0.25, 0.3) is 0 Å². The molecular formula is C7H10N4OS. The van der Waals surface area contributed by atoms with E-state index in [1.807, 2.05) is 0 Å². The van der Waals surface area contributed by atoms with E-state index in [1.54, 1.807) is 0 Å². The van der Waals surface area contributed by atoms with Gasteiger partial charge in [-0.3, -0.25) is 4.79 Å². The molecule has 13 heavy (non-hydrogen) atoms. The van der Waals surface area contributed by atoms with Crippen LogP contribution in [-0.2, 0) is 4.79 Å². The molecule has 0 aromatic carbocycles. The molecule has 1 aromatic heterocycles. The molecule has 0 spiro atoms. The maximum Gasteiger partial charge on any atom is 0.226 e. The molecule has 1 saturated carbocycles. The molecule has 6 heteroatoms. The minimum absolute atomic E-state index is 0.0126. The lowest BCUT2D eigenvalue weighted by atomic mass is 10.3. The van der Waals surface area contributed by atoms with Crippen LogP contribution in [0.4, 0.5) is 10.3 Å². The lowest BCUT2D eigenvalue weighted by Gasteiger charge is -1.97. The number of aromatic nitrogens is 2. The van der Waals surface area contributed by atoms with Crippen molar-refractivity contribution in [1.82, 2.24) is 10.2 Å². The molecule has 1 heterocycles. The van der Waals surface area contributed by atoms with E-state index in [2.05, 4.69) is 15.5 Å².